The molecular weight excluding hydrogens is 320 g/mol. The van der Waals surface area contributed by atoms with Crippen LogP contribution >= 0.6 is 0 Å². The van der Waals surface area contributed by atoms with E-state index in [-0.39, 0.29) is 0 Å². The summed E-state index contributed by atoms with van der Waals surface area (Å²) in [6.45, 7) is -2.40. The molecule has 0 aliphatic carbocycles. The molecule has 0 amide bonds. The smallest absolute Gasteiger partial charge is 0.187 e. The SMILES string of the molecule is OC[C@H](O[C@H]1O[C@H](CO)[C@@H](O)[C@H](O)[C@H]1O)[C@@H](O)[C@H](O)[C@@H](O)CO. The van der Waals surface area contributed by atoms with E-state index in [9.17, 15) is 35.7 Å². The van der Waals surface area contributed by atoms with Crippen LogP contribution in [0.25, 0.3) is 0 Å². The second-order valence-corrected chi connectivity index (χ2v) is 5.29. The molecular formula is C12H24O11. The third-order valence-electron chi connectivity index (χ3n) is 3.65. The summed E-state index contributed by atoms with van der Waals surface area (Å²) in [4.78, 5) is 0. The van der Waals surface area contributed by atoms with E-state index in [1.54, 1.807) is 0 Å². The minimum Gasteiger partial charge on any atom is -0.394 e. The van der Waals surface area contributed by atoms with E-state index in [1.807, 2.05) is 0 Å². The Balaban J connectivity index is 2.77. The molecule has 0 unspecified atom stereocenters. The molecule has 9 atom stereocenters. The average molecular weight is 344 g/mol. The first-order valence-corrected chi connectivity index (χ1v) is 7.00. The summed E-state index contributed by atoms with van der Waals surface area (Å²) in [5, 5.41) is 84.7. The molecule has 1 saturated heterocycles. The van der Waals surface area contributed by atoms with Gasteiger partial charge < -0.3 is 55.4 Å². The van der Waals surface area contributed by atoms with Crippen LogP contribution in [0.2, 0.25) is 0 Å². The summed E-state index contributed by atoms with van der Waals surface area (Å²) in [6, 6.07) is 0. The average Bonchev–Trinajstić information content (AvgIpc) is 2.57. The maximum atomic E-state index is 9.83. The zero-order valence-electron chi connectivity index (χ0n) is 12.2. The van der Waals surface area contributed by atoms with Gasteiger partial charge in [0.2, 0.25) is 0 Å². The highest BCUT2D eigenvalue weighted by molar-refractivity contribution is 4.90. The summed E-state index contributed by atoms with van der Waals surface area (Å²) in [5.74, 6) is 0. The lowest BCUT2D eigenvalue weighted by molar-refractivity contribution is -0.322. The molecule has 0 bridgehead atoms. The fraction of sp³-hybridized carbons (Fsp3) is 1.00. The molecule has 1 heterocycles. The lowest BCUT2D eigenvalue weighted by Gasteiger charge is -2.41. The van der Waals surface area contributed by atoms with Crippen LogP contribution in [0.5, 0.6) is 0 Å². The number of hydrogen-bond donors (Lipinski definition) is 9. The van der Waals surface area contributed by atoms with Crippen LogP contribution in [0, 0.1) is 0 Å². The Kier molecular flexibility index (Phi) is 8.20. The van der Waals surface area contributed by atoms with Gasteiger partial charge in [0.25, 0.3) is 0 Å². The molecule has 11 heteroatoms. The van der Waals surface area contributed by atoms with Crippen molar-refractivity contribution < 1.29 is 55.4 Å². The number of ether oxygens (including phenoxy) is 2. The van der Waals surface area contributed by atoms with Crippen LogP contribution in [-0.2, 0) is 9.47 Å². The first-order chi connectivity index (χ1) is 10.8. The van der Waals surface area contributed by atoms with Gasteiger partial charge in [-0.2, -0.15) is 0 Å². The Bertz CT molecular complexity index is 341. The van der Waals surface area contributed by atoms with E-state index in [1.165, 1.54) is 0 Å². The van der Waals surface area contributed by atoms with Crippen molar-refractivity contribution in [3.05, 3.63) is 0 Å². The van der Waals surface area contributed by atoms with Crippen molar-refractivity contribution in [2.45, 2.75) is 55.1 Å². The standard InChI is InChI=1S/C12H24O11/c13-1-4(16)7(17)8(18)5(2-14)22-12-11(21)10(20)9(19)6(3-15)23-12/h4-21H,1-3H2/t4-,5-,6+,7+,8+,9+,10-,11+,12-/m0/s1. The Hall–Kier alpha value is -0.440. The van der Waals surface area contributed by atoms with E-state index in [0.717, 1.165) is 0 Å². The highest BCUT2D eigenvalue weighted by atomic mass is 16.7. The van der Waals surface area contributed by atoms with E-state index >= 15 is 0 Å². The molecule has 1 rings (SSSR count). The second kappa shape index (κ2) is 9.15. The Morgan fingerprint density at radius 3 is 1.91 bits per heavy atom. The minimum absolute atomic E-state index is 0.691. The number of rotatable bonds is 8. The summed E-state index contributed by atoms with van der Waals surface area (Å²) in [7, 11) is 0. The zero-order chi connectivity index (χ0) is 17.7. The van der Waals surface area contributed by atoms with Crippen molar-refractivity contribution in [3.8, 4) is 0 Å². The molecule has 1 aliphatic rings. The summed E-state index contributed by atoms with van der Waals surface area (Å²) in [5.41, 5.74) is 0. The molecule has 0 aromatic rings. The normalized spacial score (nSPS) is 37.2. The van der Waals surface area contributed by atoms with Crippen LogP contribution in [0.15, 0.2) is 0 Å². The van der Waals surface area contributed by atoms with Crippen molar-refractivity contribution in [1.82, 2.24) is 0 Å². The zero-order valence-corrected chi connectivity index (χ0v) is 12.2. The number of aliphatic hydroxyl groups excluding tert-OH is 9. The van der Waals surface area contributed by atoms with Crippen LogP contribution < -0.4 is 0 Å². The highest BCUT2D eigenvalue weighted by Crippen LogP contribution is 2.24. The van der Waals surface area contributed by atoms with Crippen molar-refractivity contribution in [3.63, 3.8) is 0 Å². The lowest BCUT2D eigenvalue weighted by Crippen LogP contribution is -2.61. The van der Waals surface area contributed by atoms with Gasteiger partial charge in [0.15, 0.2) is 6.29 Å². The quantitative estimate of drug-likeness (QED) is 0.203. The van der Waals surface area contributed by atoms with Gasteiger partial charge in [0, 0.05) is 0 Å². The van der Waals surface area contributed by atoms with Crippen LogP contribution in [0.1, 0.15) is 0 Å². The van der Waals surface area contributed by atoms with E-state index < -0.39 is 74.9 Å². The number of aliphatic hydroxyl groups is 9. The fourth-order valence-corrected chi connectivity index (χ4v) is 2.14. The molecule has 0 aromatic heterocycles. The molecule has 23 heavy (non-hydrogen) atoms. The largest absolute Gasteiger partial charge is 0.394 e. The van der Waals surface area contributed by atoms with Crippen LogP contribution in [0.4, 0.5) is 0 Å². The Morgan fingerprint density at radius 1 is 0.826 bits per heavy atom. The molecule has 0 saturated carbocycles. The van der Waals surface area contributed by atoms with Gasteiger partial charge in [-0.15, -0.1) is 0 Å². The van der Waals surface area contributed by atoms with Crippen LogP contribution in [-0.4, -0.2) is 121 Å². The molecule has 0 spiro atoms. The van der Waals surface area contributed by atoms with Gasteiger partial charge in [0.05, 0.1) is 19.8 Å². The maximum Gasteiger partial charge on any atom is 0.187 e. The molecule has 11 nitrogen and oxygen atoms in total. The fourth-order valence-electron chi connectivity index (χ4n) is 2.14. The van der Waals surface area contributed by atoms with Gasteiger partial charge in [0.1, 0.15) is 48.8 Å². The van der Waals surface area contributed by atoms with Gasteiger partial charge in [-0.1, -0.05) is 0 Å². The number of hydrogen-bond acceptors (Lipinski definition) is 11. The molecule has 9 N–H and O–H groups in total. The summed E-state index contributed by atoms with van der Waals surface area (Å²) >= 11 is 0. The monoisotopic (exact) mass is 344 g/mol. The van der Waals surface area contributed by atoms with Gasteiger partial charge >= 0.3 is 0 Å². The molecule has 0 radical (unpaired) electrons. The third-order valence-corrected chi connectivity index (χ3v) is 3.65. The topological polar surface area (TPSA) is 201 Å². The third kappa shape index (κ3) is 4.78. The first-order valence-electron chi connectivity index (χ1n) is 7.00. The van der Waals surface area contributed by atoms with Gasteiger partial charge in [-0.05, 0) is 0 Å². The lowest BCUT2D eigenvalue weighted by atomic mass is 9.99. The van der Waals surface area contributed by atoms with Gasteiger partial charge in [-0.3, -0.25) is 0 Å². The Labute approximate surface area is 131 Å². The molecule has 138 valence electrons. The van der Waals surface area contributed by atoms with Crippen molar-refractivity contribution in [2.75, 3.05) is 19.8 Å². The Morgan fingerprint density at radius 2 is 1.43 bits per heavy atom. The predicted molar refractivity (Wildman–Crippen MR) is 70.8 cm³/mol. The minimum atomic E-state index is -1.86. The van der Waals surface area contributed by atoms with Crippen molar-refractivity contribution >= 4 is 0 Å². The van der Waals surface area contributed by atoms with Crippen molar-refractivity contribution in [2.24, 2.45) is 0 Å². The van der Waals surface area contributed by atoms with E-state index in [2.05, 4.69) is 0 Å². The molecule has 1 fully saturated rings. The maximum absolute atomic E-state index is 9.83. The van der Waals surface area contributed by atoms with E-state index in [4.69, 9.17) is 19.7 Å². The predicted octanol–water partition coefficient (Wildman–Crippen LogP) is -5.76. The molecule has 1 aliphatic heterocycles. The summed E-state index contributed by atoms with van der Waals surface area (Å²) < 4.78 is 10.1. The van der Waals surface area contributed by atoms with Gasteiger partial charge in [-0.25, -0.2) is 0 Å². The highest BCUT2D eigenvalue weighted by Gasteiger charge is 2.46. The van der Waals surface area contributed by atoms with E-state index in [0.29, 0.717) is 0 Å². The van der Waals surface area contributed by atoms with Crippen molar-refractivity contribution in [1.29, 1.82) is 0 Å². The molecule has 0 aromatic carbocycles. The van der Waals surface area contributed by atoms with Crippen LogP contribution in [0.3, 0.4) is 0 Å². The first kappa shape index (κ1) is 20.6. The second-order valence-electron chi connectivity index (χ2n) is 5.29. The summed E-state index contributed by atoms with van der Waals surface area (Å²) in [6.07, 6.45) is -14.9.